The lowest BCUT2D eigenvalue weighted by Gasteiger charge is -2.25. The largest absolute Gasteiger partial charge is 0.507 e. The fraction of sp³-hybridized carbons (Fsp3) is 0.276. The summed E-state index contributed by atoms with van der Waals surface area (Å²) in [5.41, 5.74) is 3.96. The van der Waals surface area contributed by atoms with Crippen LogP contribution >= 0.6 is 0 Å². The third kappa shape index (κ3) is 5.11. The number of rotatable bonds is 7. The van der Waals surface area contributed by atoms with E-state index in [1.165, 1.54) is 4.90 Å². The summed E-state index contributed by atoms with van der Waals surface area (Å²) in [6.45, 7) is 8.75. The zero-order chi connectivity index (χ0) is 25.1. The Morgan fingerprint density at radius 2 is 1.83 bits per heavy atom. The number of aliphatic hydroxyl groups excluding tert-OH is 1. The van der Waals surface area contributed by atoms with Crippen molar-refractivity contribution in [1.29, 1.82) is 0 Å². The average molecular weight is 471 g/mol. The van der Waals surface area contributed by atoms with Gasteiger partial charge in [0.2, 0.25) is 0 Å². The van der Waals surface area contributed by atoms with Gasteiger partial charge in [-0.15, -0.1) is 0 Å². The number of carbonyl (C=O) groups is 2. The first-order valence-electron chi connectivity index (χ1n) is 11.7. The number of pyridine rings is 1. The predicted molar refractivity (Wildman–Crippen MR) is 135 cm³/mol. The Labute approximate surface area is 205 Å². The fourth-order valence-corrected chi connectivity index (χ4v) is 4.23. The Morgan fingerprint density at radius 1 is 1.09 bits per heavy atom. The summed E-state index contributed by atoms with van der Waals surface area (Å²) >= 11 is 0. The molecule has 1 aliphatic heterocycles. The van der Waals surface area contributed by atoms with Gasteiger partial charge in [0.15, 0.2) is 0 Å². The zero-order valence-electron chi connectivity index (χ0n) is 20.5. The molecule has 4 rings (SSSR count). The van der Waals surface area contributed by atoms with E-state index in [1.807, 2.05) is 50.2 Å². The number of ether oxygens (including phenoxy) is 1. The van der Waals surface area contributed by atoms with Gasteiger partial charge in [-0.1, -0.05) is 49.7 Å². The molecule has 0 spiro atoms. The first-order valence-corrected chi connectivity index (χ1v) is 11.7. The summed E-state index contributed by atoms with van der Waals surface area (Å²) in [4.78, 5) is 32.1. The quantitative estimate of drug-likeness (QED) is 0.286. The van der Waals surface area contributed by atoms with E-state index in [2.05, 4.69) is 18.8 Å². The molecular weight excluding hydrogens is 440 g/mol. The second kappa shape index (κ2) is 10.1. The van der Waals surface area contributed by atoms with Gasteiger partial charge in [-0.25, -0.2) is 0 Å². The van der Waals surface area contributed by atoms with Crippen LogP contribution in [0.1, 0.15) is 47.7 Å². The topological polar surface area (TPSA) is 79.7 Å². The van der Waals surface area contributed by atoms with E-state index in [4.69, 9.17) is 4.74 Å². The summed E-state index contributed by atoms with van der Waals surface area (Å²) in [5, 5.41) is 11.4. The molecule has 1 saturated heterocycles. The Morgan fingerprint density at radius 3 is 2.46 bits per heavy atom. The Hall–Kier alpha value is -3.93. The van der Waals surface area contributed by atoms with Gasteiger partial charge in [-0.3, -0.25) is 14.6 Å². The van der Waals surface area contributed by atoms with Crippen molar-refractivity contribution in [3.8, 4) is 5.75 Å². The van der Waals surface area contributed by atoms with E-state index in [1.54, 1.807) is 30.6 Å². The van der Waals surface area contributed by atoms with Crippen LogP contribution < -0.4 is 4.74 Å². The maximum Gasteiger partial charge on any atom is 0.295 e. The standard InChI is InChI=1S/C29H30N2O4/c1-18(2)17-35-23-11-12-24(20(4)14-23)27(32)25-26(22-9-7-19(3)8-10-22)31(29(34)28(25)33)16-21-6-5-13-30-15-21/h5-15,18,26,32H,16-17H2,1-4H3/t26-/m1/s1. The Kier molecular flexibility index (Phi) is 7.01. The number of hydrogen-bond donors (Lipinski definition) is 1. The number of nitrogens with zero attached hydrogens (tertiary/aromatic N) is 2. The maximum atomic E-state index is 13.3. The van der Waals surface area contributed by atoms with Crippen molar-refractivity contribution in [1.82, 2.24) is 9.88 Å². The smallest absolute Gasteiger partial charge is 0.295 e. The highest BCUT2D eigenvalue weighted by molar-refractivity contribution is 6.46. The van der Waals surface area contributed by atoms with Crippen LogP contribution in [0.15, 0.2) is 72.6 Å². The summed E-state index contributed by atoms with van der Waals surface area (Å²) in [5.74, 6) is -0.448. The van der Waals surface area contributed by atoms with E-state index >= 15 is 0 Å². The molecule has 6 nitrogen and oxygen atoms in total. The number of Topliss-reactive ketones (excluding diaryl/α,β-unsaturated/α-hetero) is 1. The zero-order valence-corrected chi connectivity index (χ0v) is 20.5. The molecule has 0 saturated carbocycles. The second-order valence-corrected chi connectivity index (χ2v) is 9.38. The molecule has 3 aromatic rings. The van der Waals surface area contributed by atoms with E-state index in [0.717, 1.165) is 22.3 Å². The minimum atomic E-state index is -0.716. The first-order chi connectivity index (χ1) is 16.8. The Bertz CT molecular complexity index is 1260. The molecular formula is C29H30N2O4. The van der Waals surface area contributed by atoms with Gasteiger partial charge < -0.3 is 14.7 Å². The molecule has 0 radical (unpaired) electrons. The lowest BCUT2D eigenvalue weighted by Crippen LogP contribution is -2.29. The average Bonchev–Trinajstić information content (AvgIpc) is 3.08. The highest BCUT2D eigenvalue weighted by atomic mass is 16.5. The molecule has 0 aliphatic carbocycles. The normalized spacial score (nSPS) is 17.3. The van der Waals surface area contributed by atoms with E-state index in [9.17, 15) is 14.7 Å². The molecule has 180 valence electrons. The highest BCUT2D eigenvalue weighted by Gasteiger charge is 2.46. The van der Waals surface area contributed by atoms with Crippen molar-refractivity contribution in [2.75, 3.05) is 6.61 Å². The van der Waals surface area contributed by atoms with Crippen LogP contribution in [0.3, 0.4) is 0 Å². The number of ketones is 1. The lowest BCUT2D eigenvalue weighted by atomic mass is 9.93. The molecule has 1 amide bonds. The number of benzene rings is 2. The van der Waals surface area contributed by atoms with Gasteiger partial charge >= 0.3 is 0 Å². The van der Waals surface area contributed by atoms with Crippen LogP contribution in [-0.4, -0.2) is 33.3 Å². The van der Waals surface area contributed by atoms with Gasteiger partial charge in [-0.2, -0.15) is 0 Å². The monoisotopic (exact) mass is 470 g/mol. The van der Waals surface area contributed by atoms with Gasteiger partial charge in [0.05, 0.1) is 18.2 Å². The van der Waals surface area contributed by atoms with E-state index in [-0.39, 0.29) is 17.9 Å². The van der Waals surface area contributed by atoms with Crippen LogP contribution in [0.25, 0.3) is 5.76 Å². The van der Waals surface area contributed by atoms with Crippen molar-refractivity contribution in [3.63, 3.8) is 0 Å². The van der Waals surface area contributed by atoms with Gasteiger partial charge in [0.25, 0.3) is 11.7 Å². The Balaban J connectivity index is 1.79. The predicted octanol–water partition coefficient (Wildman–Crippen LogP) is 5.36. The summed E-state index contributed by atoms with van der Waals surface area (Å²) in [7, 11) is 0. The first kappa shape index (κ1) is 24.2. The number of aliphatic hydroxyl groups is 1. The van der Waals surface area contributed by atoms with Crippen LogP contribution in [0.4, 0.5) is 0 Å². The van der Waals surface area contributed by atoms with Crippen molar-refractivity contribution >= 4 is 17.4 Å². The van der Waals surface area contributed by atoms with Crippen molar-refractivity contribution in [3.05, 3.63) is 100 Å². The highest BCUT2D eigenvalue weighted by Crippen LogP contribution is 2.41. The molecule has 2 aromatic carbocycles. The molecule has 1 atom stereocenters. The fourth-order valence-electron chi connectivity index (χ4n) is 4.23. The van der Waals surface area contributed by atoms with Crippen molar-refractivity contribution < 1.29 is 19.4 Å². The number of aryl methyl sites for hydroxylation is 2. The molecule has 2 heterocycles. The minimum absolute atomic E-state index is 0.0849. The molecule has 1 aliphatic rings. The van der Waals surface area contributed by atoms with Crippen LogP contribution in [0.2, 0.25) is 0 Å². The van der Waals surface area contributed by atoms with Gasteiger partial charge in [0, 0.05) is 24.5 Å². The summed E-state index contributed by atoms with van der Waals surface area (Å²) in [6, 6.07) is 15.9. The molecule has 1 aromatic heterocycles. The molecule has 1 N–H and O–H groups in total. The van der Waals surface area contributed by atoms with E-state index < -0.39 is 17.7 Å². The number of likely N-dealkylation sites (tertiary alicyclic amines) is 1. The minimum Gasteiger partial charge on any atom is -0.507 e. The van der Waals surface area contributed by atoms with Gasteiger partial charge in [-0.05, 0) is 60.7 Å². The van der Waals surface area contributed by atoms with Crippen LogP contribution in [-0.2, 0) is 16.1 Å². The molecule has 1 fully saturated rings. The van der Waals surface area contributed by atoms with Crippen molar-refractivity contribution in [2.24, 2.45) is 5.92 Å². The molecule has 35 heavy (non-hydrogen) atoms. The molecule has 6 heteroatoms. The number of amides is 1. The molecule has 0 bridgehead atoms. The molecule has 0 unspecified atom stereocenters. The summed E-state index contributed by atoms with van der Waals surface area (Å²) < 4.78 is 5.80. The third-order valence-corrected chi connectivity index (χ3v) is 6.05. The SMILES string of the molecule is Cc1ccc([C@@H]2C(=C(O)c3ccc(OCC(C)C)cc3C)C(=O)C(=O)N2Cc2cccnc2)cc1. The van der Waals surface area contributed by atoms with Crippen LogP contribution in [0, 0.1) is 19.8 Å². The van der Waals surface area contributed by atoms with Gasteiger partial charge in [0.1, 0.15) is 11.5 Å². The number of aromatic nitrogens is 1. The van der Waals surface area contributed by atoms with E-state index in [0.29, 0.717) is 23.8 Å². The number of carbonyl (C=O) groups excluding carboxylic acids is 2. The number of hydrogen-bond acceptors (Lipinski definition) is 5. The second-order valence-electron chi connectivity index (χ2n) is 9.38. The van der Waals surface area contributed by atoms with Crippen molar-refractivity contribution in [2.45, 2.75) is 40.3 Å². The maximum absolute atomic E-state index is 13.3. The lowest BCUT2D eigenvalue weighted by molar-refractivity contribution is -0.140. The summed E-state index contributed by atoms with van der Waals surface area (Å²) in [6.07, 6.45) is 3.33. The van der Waals surface area contributed by atoms with Crippen LogP contribution in [0.5, 0.6) is 5.75 Å². The third-order valence-electron chi connectivity index (χ3n) is 6.05.